The number of hydrogen-bond acceptors (Lipinski definition) is 4. The maximum atomic E-state index is 11.4. The van der Waals surface area contributed by atoms with Crippen molar-refractivity contribution in [1.29, 1.82) is 0 Å². The number of ether oxygens (including phenoxy) is 1. The molecule has 18 heavy (non-hydrogen) atoms. The molecule has 0 rings (SSSR count). The largest absolute Gasteiger partial charge is 0.448 e. The number of nitrogens with one attached hydrogen (secondary N) is 2. The Kier molecular flexibility index (Phi) is 9.75. The lowest BCUT2D eigenvalue weighted by Gasteiger charge is -2.21. The van der Waals surface area contributed by atoms with Gasteiger partial charge in [-0.1, -0.05) is 13.3 Å². The zero-order valence-corrected chi connectivity index (χ0v) is 11.2. The molecule has 0 saturated carbocycles. The van der Waals surface area contributed by atoms with Gasteiger partial charge in [-0.15, -0.1) is 0 Å². The molecule has 0 saturated heterocycles. The van der Waals surface area contributed by atoms with E-state index in [1.807, 2.05) is 6.92 Å². The van der Waals surface area contributed by atoms with Crippen molar-refractivity contribution in [3.8, 4) is 0 Å². The highest BCUT2D eigenvalue weighted by Gasteiger charge is 2.11. The Labute approximate surface area is 108 Å². The number of hydrogen-bond donors (Lipinski definition) is 3. The normalized spacial score (nSPS) is 9.72. The van der Waals surface area contributed by atoms with Gasteiger partial charge in [0.05, 0.1) is 6.54 Å². The second kappa shape index (κ2) is 10.6. The molecule has 0 aromatic rings. The first-order chi connectivity index (χ1) is 8.65. The zero-order chi connectivity index (χ0) is 13.8. The molecule has 0 aliphatic rings. The van der Waals surface area contributed by atoms with Gasteiger partial charge in [0.25, 0.3) is 0 Å². The maximum absolute atomic E-state index is 11.4. The van der Waals surface area contributed by atoms with Gasteiger partial charge in [0.2, 0.25) is 0 Å². The van der Waals surface area contributed by atoms with Crippen LogP contribution in [0.3, 0.4) is 0 Å². The van der Waals surface area contributed by atoms with Gasteiger partial charge in [-0.2, -0.15) is 0 Å². The van der Waals surface area contributed by atoms with Gasteiger partial charge in [0.15, 0.2) is 0 Å². The minimum absolute atomic E-state index is 0.158. The highest BCUT2D eigenvalue weighted by Crippen LogP contribution is 1.90. The van der Waals surface area contributed by atoms with E-state index in [0.29, 0.717) is 26.2 Å². The molecule has 0 spiro atoms. The summed E-state index contributed by atoms with van der Waals surface area (Å²) >= 11 is 0. The summed E-state index contributed by atoms with van der Waals surface area (Å²) in [6, 6.07) is -0.226. The molecule has 0 aromatic carbocycles. The number of unbranched alkanes of at least 4 members (excludes halogenated alkanes) is 1. The van der Waals surface area contributed by atoms with E-state index in [1.54, 1.807) is 7.05 Å². The molecule has 4 N–H and O–H groups in total. The van der Waals surface area contributed by atoms with Crippen LogP contribution in [0.5, 0.6) is 0 Å². The summed E-state index contributed by atoms with van der Waals surface area (Å²) in [6.45, 7) is 3.94. The minimum Gasteiger partial charge on any atom is -0.448 e. The van der Waals surface area contributed by atoms with Gasteiger partial charge in [-0.3, -0.25) is 0 Å². The quantitative estimate of drug-likeness (QED) is 0.540. The predicted molar refractivity (Wildman–Crippen MR) is 69.3 cm³/mol. The fourth-order valence-corrected chi connectivity index (χ4v) is 1.30. The summed E-state index contributed by atoms with van der Waals surface area (Å²) < 4.78 is 4.95. The van der Waals surface area contributed by atoms with E-state index >= 15 is 0 Å². The third kappa shape index (κ3) is 7.72. The first-order valence-electron chi connectivity index (χ1n) is 6.23. The number of rotatable bonds is 8. The molecule has 0 bridgehead atoms. The number of nitrogens with two attached hydrogens (primary N) is 1. The summed E-state index contributed by atoms with van der Waals surface area (Å²) in [5.41, 5.74) is 5.39. The molecule has 0 radical (unpaired) electrons. The number of nitrogens with zero attached hydrogens (tertiary/aromatic N) is 1. The van der Waals surface area contributed by atoms with E-state index in [1.165, 1.54) is 4.90 Å². The molecule has 106 valence electrons. The van der Waals surface area contributed by atoms with Crippen molar-refractivity contribution in [3.63, 3.8) is 0 Å². The first-order valence-corrected chi connectivity index (χ1v) is 6.23. The van der Waals surface area contributed by atoms with E-state index in [0.717, 1.165) is 12.8 Å². The Bertz CT molecular complexity index is 248. The monoisotopic (exact) mass is 260 g/mol. The lowest BCUT2D eigenvalue weighted by molar-refractivity contribution is 0.130. The number of urea groups is 1. The van der Waals surface area contributed by atoms with Crippen LogP contribution in [0.15, 0.2) is 0 Å². The van der Waals surface area contributed by atoms with Gasteiger partial charge in [0.1, 0.15) is 6.61 Å². The highest BCUT2D eigenvalue weighted by molar-refractivity contribution is 5.73. The molecular weight excluding hydrogens is 236 g/mol. The lowest BCUT2D eigenvalue weighted by atomic mass is 10.3. The van der Waals surface area contributed by atoms with Gasteiger partial charge in [-0.25, -0.2) is 9.59 Å². The van der Waals surface area contributed by atoms with Crippen molar-refractivity contribution in [2.24, 2.45) is 5.73 Å². The van der Waals surface area contributed by atoms with Gasteiger partial charge in [0, 0.05) is 26.7 Å². The second-order valence-electron chi connectivity index (χ2n) is 3.75. The average Bonchev–Trinajstić information content (AvgIpc) is 2.37. The van der Waals surface area contributed by atoms with Crippen LogP contribution in [0.2, 0.25) is 0 Å². The fourth-order valence-electron chi connectivity index (χ4n) is 1.30. The maximum Gasteiger partial charge on any atom is 0.407 e. The van der Waals surface area contributed by atoms with Crippen LogP contribution in [0.1, 0.15) is 19.8 Å². The van der Waals surface area contributed by atoms with Crippen LogP contribution < -0.4 is 16.4 Å². The van der Waals surface area contributed by atoms with Crippen LogP contribution in [-0.4, -0.2) is 56.9 Å². The Balaban J connectivity index is 3.77. The van der Waals surface area contributed by atoms with E-state index in [4.69, 9.17) is 10.5 Å². The van der Waals surface area contributed by atoms with Crippen LogP contribution >= 0.6 is 0 Å². The topological polar surface area (TPSA) is 96.7 Å². The van der Waals surface area contributed by atoms with E-state index in [2.05, 4.69) is 10.6 Å². The van der Waals surface area contributed by atoms with E-state index in [9.17, 15) is 9.59 Å². The summed E-state index contributed by atoms with van der Waals surface area (Å²) in [5, 5.41) is 5.13. The number of alkyl carbamates (subject to hydrolysis) is 1. The molecular formula is C11H24N4O3. The summed E-state index contributed by atoms with van der Waals surface area (Å²) in [4.78, 5) is 24.1. The van der Waals surface area contributed by atoms with Crippen LogP contribution in [-0.2, 0) is 4.74 Å². The van der Waals surface area contributed by atoms with Crippen LogP contribution in [0.4, 0.5) is 9.59 Å². The molecule has 0 atom stereocenters. The van der Waals surface area contributed by atoms with Gasteiger partial charge < -0.3 is 26.0 Å². The molecule has 0 heterocycles. The van der Waals surface area contributed by atoms with Crippen LogP contribution in [0, 0.1) is 0 Å². The van der Waals surface area contributed by atoms with Crippen molar-refractivity contribution in [1.82, 2.24) is 15.5 Å². The molecule has 0 unspecified atom stereocenters. The third-order valence-electron chi connectivity index (χ3n) is 2.29. The highest BCUT2D eigenvalue weighted by atomic mass is 16.5. The van der Waals surface area contributed by atoms with E-state index in [-0.39, 0.29) is 12.6 Å². The Morgan fingerprint density at radius 3 is 2.61 bits per heavy atom. The SMILES string of the molecule is CCCCNC(=O)OCCN(CCN)C(=O)NC. The second-order valence-corrected chi connectivity index (χ2v) is 3.75. The zero-order valence-electron chi connectivity index (χ0n) is 11.2. The van der Waals surface area contributed by atoms with Crippen molar-refractivity contribution in [2.45, 2.75) is 19.8 Å². The van der Waals surface area contributed by atoms with Gasteiger partial charge >= 0.3 is 12.1 Å². The smallest absolute Gasteiger partial charge is 0.407 e. The molecule has 0 aliphatic heterocycles. The first kappa shape index (κ1) is 16.5. The standard InChI is InChI=1S/C11H24N4O3/c1-3-4-6-14-11(17)18-9-8-15(7-5-12)10(16)13-2/h3-9,12H2,1-2H3,(H,13,16)(H,14,17). The van der Waals surface area contributed by atoms with Crippen molar-refractivity contribution in [3.05, 3.63) is 0 Å². The molecule has 7 nitrogen and oxygen atoms in total. The Morgan fingerprint density at radius 2 is 2.06 bits per heavy atom. The summed E-state index contributed by atoms with van der Waals surface area (Å²) in [7, 11) is 1.55. The minimum atomic E-state index is -0.451. The predicted octanol–water partition coefficient (Wildman–Crippen LogP) is 0.113. The molecule has 0 aromatic heterocycles. The average molecular weight is 260 g/mol. The van der Waals surface area contributed by atoms with Crippen LogP contribution in [0.25, 0.3) is 0 Å². The van der Waals surface area contributed by atoms with E-state index < -0.39 is 6.09 Å². The lowest BCUT2D eigenvalue weighted by Crippen LogP contribution is -2.43. The number of amides is 3. The Hall–Kier alpha value is -1.50. The summed E-state index contributed by atoms with van der Waals surface area (Å²) in [5.74, 6) is 0. The Morgan fingerprint density at radius 1 is 1.33 bits per heavy atom. The number of carbonyl (C=O) groups excluding carboxylic acids is 2. The third-order valence-corrected chi connectivity index (χ3v) is 2.29. The van der Waals surface area contributed by atoms with Crippen molar-refractivity contribution in [2.75, 3.05) is 39.8 Å². The summed E-state index contributed by atoms with van der Waals surface area (Å²) in [6.07, 6.45) is 1.49. The molecule has 7 heteroatoms. The molecule has 0 fully saturated rings. The fraction of sp³-hybridized carbons (Fsp3) is 0.818. The van der Waals surface area contributed by atoms with Gasteiger partial charge in [-0.05, 0) is 6.42 Å². The molecule has 0 aliphatic carbocycles. The van der Waals surface area contributed by atoms with Crippen molar-refractivity contribution >= 4 is 12.1 Å². The number of carbonyl (C=O) groups is 2. The van der Waals surface area contributed by atoms with Crippen molar-refractivity contribution < 1.29 is 14.3 Å². The molecule has 3 amide bonds.